The number of hydrogen-bond acceptors (Lipinski definition) is 3. The molecule has 0 atom stereocenters. The third-order valence-electron chi connectivity index (χ3n) is 3.25. The number of rotatable bonds is 5. The Kier molecular flexibility index (Phi) is 4.54. The number of ether oxygens (including phenoxy) is 2. The van der Waals surface area contributed by atoms with E-state index in [0.717, 1.165) is 18.7 Å². The zero-order valence-corrected chi connectivity index (χ0v) is 12.8. The van der Waals surface area contributed by atoms with Crippen LogP contribution in [0.4, 0.5) is 0 Å². The highest BCUT2D eigenvalue weighted by Gasteiger charge is 2.20. The molecule has 0 unspecified atom stereocenters. The Labute approximate surface area is 133 Å². The first kappa shape index (κ1) is 14.5. The van der Waals surface area contributed by atoms with E-state index in [0.29, 0.717) is 28.2 Å². The molecular formula is C16H15Cl2NO2. The van der Waals surface area contributed by atoms with Gasteiger partial charge in [0.15, 0.2) is 11.5 Å². The Balaban J connectivity index is 1.69. The van der Waals surface area contributed by atoms with E-state index in [9.17, 15) is 0 Å². The van der Waals surface area contributed by atoms with E-state index < -0.39 is 0 Å². The lowest BCUT2D eigenvalue weighted by molar-refractivity contribution is 0.134. The minimum Gasteiger partial charge on any atom is -0.485 e. The van der Waals surface area contributed by atoms with Gasteiger partial charge in [-0.25, -0.2) is 0 Å². The molecule has 3 nitrogen and oxygen atoms in total. The first-order valence-corrected chi connectivity index (χ1v) is 7.50. The van der Waals surface area contributed by atoms with Gasteiger partial charge in [0.25, 0.3) is 0 Å². The third-order valence-corrected chi connectivity index (χ3v) is 3.74. The van der Waals surface area contributed by atoms with Gasteiger partial charge < -0.3 is 14.8 Å². The zero-order chi connectivity index (χ0) is 14.7. The van der Waals surface area contributed by atoms with Gasteiger partial charge in [-0.3, -0.25) is 0 Å². The molecule has 3 rings (SSSR count). The van der Waals surface area contributed by atoms with Crippen LogP contribution in [0.2, 0.25) is 10.0 Å². The van der Waals surface area contributed by atoms with Crippen molar-refractivity contribution in [2.75, 3.05) is 13.1 Å². The molecule has 5 heteroatoms. The van der Waals surface area contributed by atoms with E-state index in [-0.39, 0.29) is 6.10 Å². The van der Waals surface area contributed by atoms with Crippen molar-refractivity contribution in [3.8, 4) is 11.5 Å². The summed E-state index contributed by atoms with van der Waals surface area (Å²) in [5, 5.41) is 4.52. The summed E-state index contributed by atoms with van der Waals surface area (Å²) in [5.41, 5.74) is 1.05. The molecule has 1 aliphatic rings. The molecule has 0 amide bonds. The van der Waals surface area contributed by atoms with Crippen molar-refractivity contribution in [3.63, 3.8) is 0 Å². The molecule has 0 saturated carbocycles. The van der Waals surface area contributed by atoms with Crippen LogP contribution in [0.5, 0.6) is 11.5 Å². The summed E-state index contributed by atoms with van der Waals surface area (Å²) in [4.78, 5) is 0. The third kappa shape index (κ3) is 3.82. The smallest absolute Gasteiger partial charge is 0.163 e. The average Bonchev–Trinajstić information content (AvgIpc) is 2.44. The minimum absolute atomic E-state index is 0.182. The molecule has 1 N–H and O–H groups in total. The van der Waals surface area contributed by atoms with Crippen molar-refractivity contribution in [2.24, 2.45) is 0 Å². The van der Waals surface area contributed by atoms with E-state index in [1.54, 1.807) is 12.1 Å². The van der Waals surface area contributed by atoms with Crippen LogP contribution in [0, 0.1) is 0 Å². The fourth-order valence-corrected chi connectivity index (χ4v) is 2.25. The first-order chi connectivity index (χ1) is 10.2. The summed E-state index contributed by atoms with van der Waals surface area (Å²) in [5.74, 6) is 1.38. The Morgan fingerprint density at radius 1 is 0.952 bits per heavy atom. The van der Waals surface area contributed by atoms with Crippen LogP contribution in [0.3, 0.4) is 0 Å². The molecule has 110 valence electrons. The predicted molar refractivity (Wildman–Crippen MR) is 84.5 cm³/mol. The fourth-order valence-electron chi connectivity index (χ4n) is 1.96. The van der Waals surface area contributed by atoms with Gasteiger partial charge in [-0.2, -0.15) is 0 Å². The monoisotopic (exact) mass is 323 g/mol. The van der Waals surface area contributed by atoms with Crippen LogP contribution >= 0.6 is 23.2 Å². The van der Waals surface area contributed by atoms with Gasteiger partial charge in [-0.15, -0.1) is 0 Å². The lowest BCUT2D eigenvalue weighted by Gasteiger charge is -2.28. The lowest BCUT2D eigenvalue weighted by atomic mass is 10.2. The second-order valence-corrected chi connectivity index (χ2v) is 5.78. The van der Waals surface area contributed by atoms with E-state index in [1.807, 2.05) is 30.3 Å². The van der Waals surface area contributed by atoms with Crippen molar-refractivity contribution < 1.29 is 9.47 Å². The Morgan fingerprint density at radius 3 is 2.33 bits per heavy atom. The maximum atomic E-state index is 6.03. The predicted octanol–water partition coefficient (Wildman–Crippen LogP) is 3.92. The second kappa shape index (κ2) is 6.56. The van der Waals surface area contributed by atoms with Gasteiger partial charge in [0.1, 0.15) is 12.7 Å². The van der Waals surface area contributed by atoms with Crippen molar-refractivity contribution >= 4 is 23.2 Å². The topological polar surface area (TPSA) is 30.5 Å². The van der Waals surface area contributed by atoms with E-state index in [4.69, 9.17) is 32.7 Å². The van der Waals surface area contributed by atoms with Gasteiger partial charge in [0, 0.05) is 29.2 Å². The van der Waals surface area contributed by atoms with Crippen molar-refractivity contribution in [2.45, 2.75) is 12.7 Å². The molecule has 0 aliphatic carbocycles. The minimum atomic E-state index is 0.182. The van der Waals surface area contributed by atoms with Crippen LogP contribution in [-0.4, -0.2) is 19.2 Å². The summed E-state index contributed by atoms with van der Waals surface area (Å²) in [6.45, 7) is 2.16. The normalized spacial score (nSPS) is 14.6. The Morgan fingerprint density at radius 2 is 1.67 bits per heavy atom. The average molecular weight is 324 g/mol. The molecule has 0 bridgehead atoms. The molecule has 21 heavy (non-hydrogen) atoms. The van der Waals surface area contributed by atoms with Crippen molar-refractivity contribution in [1.82, 2.24) is 5.32 Å². The first-order valence-electron chi connectivity index (χ1n) is 6.75. The molecule has 2 aromatic rings. The van der Waals surface area contributed by atoms with Gasteiger partial charge in [0.2, 0.25) is 0 Å². The molecule has 1 heterocycles. The number of hydrogen-bond donors (Lipinski definition) is 1. The standard InChI is InChI=1S/C16H15Cl2NO2/c17-12-3-1-11(2-4-12)10-20-15-6-5-13(18)7-16(15)21-14-8-19-9-14/h1-7,14,19H,8-10H2. The van der Waals surface area contributed by atoms with E-state index >= 15 is 0 Å². The highest BCUT2D eigenvalue weighted by Crippen LogP contribution is 2.32. The number of benzene rings is 2. The molecule has 1 saturated heterocycles. The quantitative estimate of drug-likeness (QED) is 0.904. The van der Waals surface area contributed by atoms with Crippen LogP contribution < -0.4 is 14.8 Å². The highest BCUT2D eigenvalue weighted by molar-refractivity contribution is 6.31. The van der Waals surface area contributed by atoms with Gasteiger partial charge >= 0.3 is 0 Å². The van der Waals surface area contributed by atoms with Gasteiger partial charge in [-0.05, 0) is 29.8 Å². The maximum absolute atomic E-state index is 6.03. The lowest BCUT2D eigenvalue weighted by Crippen LogP contribution is -2.50. The molecule has 1 fully saturated rings. The molecule has 0 radical (unpaired) electrons. The van der Waals surface area contributed by atoms with Crippen LogP contribution in [0.1, 0.15) is 5.56 Å². The molecular weight excluding hydrogens is 309 g/mol. The van der Waals surface area contributed by atoms with E-state index in [2.05, 4.69) is 5.32 Å². The van der Waals surface area contributed by atoms with Crippen molar-refractivity contribution in [1.29, 1.82) is 0 Å². The second-order valence-electron chi connectivity index (χ2n) is 4.90. The fraction of sp³-hybridized carbons (Fsp3) is 0.250. The zero-order valence-electron chi connectivity index (χ0n) is 11.3. The molecule has 1 aliphatic heterocycles. The summed E-state index contributed by atoms with van der Waals surface area (Å²) >= 11 is 11.9. The SMILES string of the molecule is Clc1ccc(COc2ccc(Cl)cc2OC2CNC2)cc1. The Hall–Kier alpha value is -1.42. The largest absolute Gasteiger partial charge is 0.485 e. The van der Waals surface area contributed by atoms with Crippen LogP contribution in [-0.2, 0) is 6.61 Å². The van der Waals surface area contributed by atoms with Gasteiger partial charge in [-0.1, -0.05) is 35.3 Å². The van der Waals surface area contributed by atoms with Crippen molar-refractivity contribution in [3.05, 3.63) is 58.1 Å². The van der Waals surface area contributed by atoms with Gasteiger partial charge in [0.05, 0.1) is 0 Å². The maximum Gasteiger partial charge on any atom is 0.163 e. The summed E-state index contributed by atoms with van der Waals surface area (Å²) in [6, 6.07) is 13.0. The summed E-state index contributed by atoms with van der Waals surface area (Å²) < 4.78 is 11.7. The molecule has 2 aromatic carbocycles. The summed E-state index contributed by atoms with van der Waals surface area (Å²) in [7, 11) is 0. The van der Waals surface area contributed by atoms with Crippen LogP contribution in [0.15, 0.2) is 42.5 Å². The Bertz CT molecular complexity index is 612. The molecule has 0 aromatic heterocycles. The highest BCUT2D eigenvalue weighted by atomic mass is 35.5. The van der Waals surface area contributed by atoms with Crippen LogP contribution in [0.25, 0.3) is 0 Å². The number of halogens is 2. The van der Waals surface area contributed by atoms with E-state index in [1.165, 1.54) is 0 Å². The number of nitrogens with one attached hydrogen (secondary N) is 1. The summed E-state index contributed by atoms with van der Waals surface area (Å²) in [6.07, 6.45) is 0.182. The molecule has 0 spiro atoms.